The molecule has 0 saturated carbocycles. The second kappa shape index (κ2) is 8.45. The molecule has 0 aliphatic rings. The first-order valence-electron chi connectivity index (χ1n) is 9.93. The summed E-state index contributed by atoms with van der Waals surface area (Å²) >= 11 is 0. The molecule has 10 heteroatoms. The van der Waals surface area contributed by atoms with Crippen LogP contribution in [0.25, 0.3) is 22.2 Å². The number of rotatable bonds is 4. The largest absolute Gasteiger partial charge is 0.433 e. The van der Waals surface area contributed by atoms with Gasteiger partial charge in [-0.2, -0.15) is 18.2 Å². The van der Waals surface area contributed by atoms with Crippen LogP contribution in [-0.4, -0.2) is 32.9 Å². The molecule has 0 radical (unpaired) electrons. The Kier molecular flexibility index (Phi) is 5.67. The van der Waals surface area contributed by atoms with Gasteiger partial charge in [-0.3, -0.25) is 9.78 Å². The van der Waals surface area contributed by atoms with Gasteiger partial charge in [-0.1, -0.05) is 6.07 Å². The van der Waals surface area contributed by atoms with E-state index < -0.39 is 17.8 Å². The fraction of sp³-hybridized carbons (Fsp3) is 0.174. The molecule has 0 saturated heterocycles. The molecule has 0 aliphatic heterocycles. The summed E-state index contributed by atoms with van der Waals surface area (Å²) in [4.78, 5) is 29.0. The second-order valence-electron chi connectivity index (χ2n) is 7.39. The zero-order valence-corrected chi connectivity index (χ0v) is 17.9. The van der Waals surface area contributed by atoms with Crippen LogP contribution in [0.4, 0.5) is 24.8 Å². The van der Waals surface area contributed by atoms with Crippen molar-refractivity contribution in [3.8, 4) is 11.1 Å². The molecule has 0 fully saturated rings. The first-order chi connectivity index (χ1) is 15.7. The smallest absolute Gasteiger partial charge is 0.357 e. The van der Waals surface area contributed by atoms with Crippen LogP contribution in [0.1, 0.15) is 27.3 Å². The van der Waals surface area contributed by atoms with E-state index in [-0.39, 0.29) is 5.56 Å². The number of amides is 1. The first-order valence-corrected chi connectivity index (χ1v) is 9.93. The van der Waals surface area contributed by atoms with Crippen molar-refractivity contribution in [2.75, 3.05) is 17.7 Å². The van der Waals surface area contributed by atoms with Gasteiger partial charge in [-0.15, -0.1) is 0 Å². The number of hydrogen-bond acceptors (Lipinski definition) is 6. The lowest BCUT2D eigenvalue weighted by atomic mass is 9.98. The fourth-order valence-corrected chi connectivity index (χ4v) is 3.37. The molecular formula is C23H19F3N6O. The zero-order chi connectivity index (χ0) is 23.8. The Hall–Kier alpha value is -4.08. The van der Waals surface area contributed by atoms with Crippen molar-refractivity contribution >= 4 is 28.6 Å². The monoisotopic (exact) mass is 452 g/mol. The number of nitrogens with one attached hydrogen (secondary N) is 2. The molecule has 0 aliphatic carbocycles. The van der Waals surface area contributed by atoms with Gasteiger partial charge in [0.05, 0.1) is 0 Å². The van der Waals surface area contributed by atoms with Crippen molar-refractivity contribution in [2.45, 2.75) is 20.0 Å². The van der Waals surface area contributed by atoms with Gasteiger partial charge in [-0.05, 0) is 55.3 Å². The van der Waals surface area contributed by atoms with Crippen LogP contribution in [0, 0.1) is 13.8 Å². The number of aryl methyl sites for hydroxylation is 2. The molecule has 0 unspecified atom stereocenters. The average Bonchev–Trinajstić information content (AvgIpc) is 2.79. The molecule has 33 heavy (non-hydrogen) atoms. The summed E-state index contributed by atoms with van der Waals surface area (Å²) in [6.07, 6.45) is -2.00. The van der Waals surface area contributed by atoms with E-state index in [2.05, 4.69) is 30.6 Å². The minimum absolute atomic E-state index is 0.138. The SMILES string of the molecule is CNc1ncc2cc(-c3cc(NC(=O)c4ccnc(C(F)(F)F)c4)ccc3C)c(C)nc2n1. The molecule has 3 aromatic heterocycles. The van der Waals surface area contributed by atoms with Gasteiger partial charge < -0.3 is 10.6 Å². The van der Waals surface area contributed by atoms with E-state index in [1.807, 2.05) is 26.0 Å². The number of hydrogen-bond donors (Lipinski definition) is 2. The van der Waals surface area contributed by atoms with Gasteiger partial charge in [0.2, 0.25) is 5.95 Å². The van der Waals surface area contributed by atoms with Crippen molar-refractivity contribution in [3.05, 3.63) is 71.3 Å². The van der Waals surface area contributed by atoms with Crippen LogP contribution >= 0.6 is 0 Å². The number of carbonyl (C=O) groups excluding carboxylic acids is 1. The Morgan fingerprint density at radius 1 is 0.970 bits per heavy atom. The van der Waals surface area contributed by atoms with Crippen LogP contribution in [0.3, 0.4) is 0 Å². The summed E-state index contributed by atoms with van der Waals surface area (Å²) in [5.41, 5.74) is 3.06. The lowest BCUT2D eigenvalue weighted by Crippen LogP contribution is -2.15. The standard InChI is InChI=1S/C23H19F3N6O/c1-12-4-5-16(31-21(33)14-6-7-28-19(9-14)23(24,25)26)10-17(12)18-8-15-11-29-22(27-3)32-20(15)30-13(18)2/h4-11H,1-3H3,(H,31,33)(H,27,29,30,32). The number of benzene rings is 1. The normalized spacial score (nSPS) is 11.5. The minimum Gasteiger partial charge on any atom is -0.357 e. The molecule has 7 nitrogen and oxygen atoms in total. The van der Waals surface area contributed by atoms with Crippen LogP contribution < -0.4 is 10.6 Å². The number of carbonyl (C=O) groups is 1. The van der Waals surface area contributed by atoms with Crippen molar-refractivity contribution < 1.29 is 18.0 Å². The highest BCUT2D eigenvalue weighted by molar-refractivity contribution is 6.04. The highest BCUT2D eigenvalue weighted by Gasteiger charge is 2.33. The average molecular weight is 452 g/mol. The predicted molar refractivity (Wildman–Crippen MR) is 119 cm³/mol. The van der Waals surface area contributed by atoms with Gasteiger partial charge in [0.15, 0.2) is 5.65 Å². The van der Waals surface area contributed by atoms with Crippen molar-refractivity contribution in [1.29, 1.82) is 0 Å². The van der Waals surface area contributed by atoms with E-state index in [4.69, 9.17) is 0 Å². The highest BCUT2D eigenvalue weighted by atomic mass is 19.4. The molecule has 1 amide bonds. The van der Waals surface area contributed by atoms with E-state index in [9.17, 15) is 18.0 Å². The Morgan fingerprint density at radius 3 is 2.48 bits per heavy atom. The van der Waals surface area contributed by atoms with Crippen LogP contribution in [0.5, 0.6) is 0 Å². The van der Waals surface area contributed by atoms with Crippen LogP contribution in [-0.2, 0) is 6.18 Å². The molecular weight excluding hydrogens is 433 g/mol. The molecule has 0 spiro atoms. The number of nitrogens with zero attached hydrogens (tertiary/aromatic N) is 4. The number of pyridine rings is 2. The maximum atomic E-state index is 12.9. The number of anilines is 2. The van der Waals surface area contributed by atoms with E-state index >= 15 is 0 Å². The fourth-order valence-electron chi connectivity index (χ4n) is 3.37. The lowest BCUT2D eigenvalue weighted by Gasteiger charge is -2.13. The highest BCUT2D eigenvalue weighted by Crippen LogP contribution is 2.31. The number of halogens is 3. The van der Waals surface area contributed by atoms with E-state index in [0.29, 0.717) is 17.3 Å². The first kappa shape index (κ1) is 22.1. The van der Waals surface area contributed by atoms with E-state index in [1.165, 1.54) is 6.07 Å². The third kappa shape index (κ3) is 4.59. The van der Waals surface area contributed by atoms with E-state index in [0.717, 1.165) is 40.0 Å². The third-order valence-corrected chi connectivity index (χ3v) is 5.08. The van der Waals surface area contributed by atoms with Crippen molar-refractivity contribution in [2.24, 2.45) is 0 Å². The molecule has 4 aromatic rings. The minimum atomic E-state index is -4.63. The zero-order valence-electron chi connectivity index (χ0n) is 17.9. The van der Waals surface area contributed by atoms with Crippen LogP contribution in [0.2, 0.25) is 0 Å². The van der Waals surface area contributed by atoms with Crippen molar-refractivity contribution in [3.63, 3.8) is 0 Å². The van der Waals surface area contributed by atoms with Gasteiger partial charge in [0.1, 0.15) is 5.69 Å². The summed E-state index contributed by atoms with van der Waals surface area (Å²) in [7, 11) is 1.72. The topological polar surface area (TPSA) is 92.7 Å². The maximum Gasteiger partial charge on any atom is 0.433 e. The summed E-state index contributed by atoms with van der Waals surface area (Å²) < 4.78 is 38.8. The Balaban J connectivity index is 1.68. The molecule has 1 aromatic carbocycles. The molecule has 0 bridgehead atoms. The summed E-state index contributed by atoms with van der Waals surface area (Å²) in [5, 5.41) is 6.28. The number of aromatic nitrogens is 4. The molecule has 2 N–H and O–H groups in total. The Bertz CT molecular complexity index is 1370. The summed E-state index contributed by atoms with van der Waals surface area (Å²) in [5.74, 6) is -0.202. The molecule has 4 rings (SSSR count). The van der Waals surface area contributed by atoms with Crippen LogP contribution in [0.15, 0.2) is 48.8 Å². The van der Waals surface area contributed by atoms with Gasteiger partial charge >= 0.3 is 6.18 Å². The second-order valence-corrected chi connectivity index (χ2v) is 7.39. The molecule has 3 heterocycles. The number of alkyl halides is 3. The maximum absolute atomic E-state index is 12.9. The van der Waals surface area contributed by atoms with Crippen molar-refractivity contribution in [1.82, 2.24) is 19.9 Å². The Morgan fingerprint density at radius 2 is 1.76 bits per heavy atom. The van der Waals surface area contributed by atoms with Gasteiger partial charge in [0.25, 0.3) is 5.91 Å². The number of fused-ring (bicyclic) bond motifs is 1. The molecule has 0 atom stereocenters. The quantitative estimate of drug-likeness (QED) is 0.452. The third-order valence-electron chi connectivity index (χ3n) is 5.08. The summed E-state index contributed by atoms with van der Waals surface area (Å²) in [6, 6.07) is 9.15. The summed E-state index contributed by atoms with van der Waals surface area (Å²) in [6.45, 7) is 3.78. The molecule has 168 valence electrons. The van der Waals surface area contributed by atoms with E-state index in [1.54, 1.807) is 25.4 Å². The van der Waals surface area contributed by atoms with Gasteiger partial charge in [0, 0.05) is 47.3 Å². The van der Waals surface area contributed by atoms with Gasteiger partial charge in [-0.25, -0.2) is 9.97 Å². The predicted octanol–water partition coefficient (Wildman–Crippen LogP) is 5.02. The Labute approximate surface area is 187 Å². The lowest BCUT2D eigenvalue weighted by molar-refractivity contribution is -0.141.